The topological polar surface area (TPSA) is 73.0 Å². The normalized spacial score (nSPS) is 26.7. The van der Waals surface area contributed by atoms with E-state index >= 15 is 0 Å². The van der Waals surface area contributed by atoms with Crippen LogP contribution in [0.2, 0.25) is 0 Å². The van der Waals surface area contributed by atoms with E-state index in [1.807, 2.05) is 23.0 Å². The van der Waals surface area contributed by atoms with E-state index in [1.54, 1.807) is 29.7 Å². The molecule has 1 saturated carbocycles. The average molecular weight is 564 g/mol. The zero-order valence-electron chi connectivity index (χ0n) is 21.5. The van der Waals surface area contributed by atoms with Crippen molar-refractivity contribution >= 4 is 32.5 Å². The number of sulfonamides is 1. The summed E-state index contributed by atoms with van der Waals surface area (Å²) in [5.41, 5.74) is 3.62. The summed E-state index contributed by atoms with van der Waals surface area (Å²) >= 11 is 6.45. The van der Waals surface area contributed by atoms with Gasteiger partial charge in [-0.3, -0.25) is 4.68 Å². The molecule has 2 aromatic carbocycles. The molecule has 4 atom stereocenters. The number of allylic oxidation sites excluding steroid dienone is 4. The van der Waals surface area contributed by atoms with E-state index in [2.05, 4.69) is 35.3 Å². The van der Waals surface area contributed by atoms with Crippen molar-refractivity contribution in [1.82, 2.24) is 23.9 Å². The molecule has 0 N–H and O–H groups in total. The molecular formula is C29H27ClFN5O2S. The SMILES string of the molecule is Cc1cc2c(cnn2-c2ccc(F)cc2)cc1[C@@]12CN(S(=O)(=O)c3cnn(C)c3)C[C@@H]1[C@@H]2C1C=CC=C(Cl)C1. The molecule has 0 amide bonds. The Balaban J connectivity index is 1.31. The second-order valence-electron chi connectivity index (χ2n) is 10.9. The Morgan fingerprint density at radius 2 is 1.92 bits per heavy atom. The van der Waals surface area contributed by atoms with Crippen LogP contribution in [-0.2, 0) is 22.5 Å². The molecule has 200 valence electrons. The molecule has 0 bridgehead atoms. The van der Waals surface area contributed by atoms with Crippen LogP contribution in [0.5, 0.6) is 0 Å². The Morgan fingerprint density at radius 3 is 2.64 bits per heavy atom. The van der Waals surface area contributed by atoms with Crippen LogP contribution in [0, 0.1) is 30.5 Å². The van der Waals surface area contributed by atoms with Gasteiger partial charge in [0.15, 0.2) is 0 Å². The smallest absolute Gasteiger partial charge is 0.246 e. The highest BCUT2D eigenvalue weighted by Gasteiger charge is 2.72. The quantitative estimate of drug-likeness (QED) is 0.339. The maximum atomic E-state index is 13.6. The number of nitrogens with zero attached hydrogens (tertiary/aromatic N) is 5. The first kappa shape index (κ1) is 24.7. The maximum Gasteiger partial charge on any atom is 0.246 e. The van der Waals surface area contributed by atoms with Crippen LogP contribution in [0.15, 0.2) is 83.1 Å². The molecule has 1 unspecified atom stereocenters. The van der Waals surface area contributed by atoms with Crippen molar-refractivity contribution in [2.75, 3.05) is 13.1 Å². The lowest BCUT2D eigenvalue weighted by Crippen LogP contribution is -2.36. The summed E-state index contributed by atoms with van der Waals surface area (Å²) in [7, 11) is -1.96. The van der Waals surface area contributed by atoms with Crippen LogP contribution < -0.4 is 0 Å². The zero-order chi connectivity index (χ0) is 27.1. The van der Waals surface area contributed by atoms with Crippen LogP contribution in [0.3, 0.4) is 0 Å². The Kier molecular flexibility index (Phi) is 5.47. The van der Waals surface area contributed by atoms with Gasteiger partial charge in [0.25, 0.3) is 0 Å². The lowest BCUT2D eigenvalue weighted by molar-refractivity contribution is 0.360. The Morgan fingerprint density at radius 1 is 1.13 bits per heavy atom. The van der Waals surface area contributed by atoms with Gasteiger partial charge in [0, 0.05) is 42.2 Å². The Bertz CT molecular complexity index is 1790. The number of hydrogen-bond acceptors (Lipinski definition) is 4. The van der Waals surface area contributed by atoms with Crippen molar-refractivity contribution in [3.63, 3.8) is 0 Å². The predicted molar refractivity (Wildman–Crippen MR) is 148 cm³/mol. The van der Waals surface area contributed by atoms with Crippen LogP contribution in [0.25, 0.3) is 16.6 Å². The molecule has 10 heteroatoms. The minimum atomic E-state index is -3.67. The second-order valence-corrected chi connectivity index (χ2v) is 13.4. The third-order valence-corrected chi connectivity index (χ3v) is 10.8. The number of hydrogen-bond donors (Lipinski definition) is 0. The molecule has 3 aliphatic rings. The van der Waals surface area contributed by atoms with E-state index < -0.39 is 10.0 Å². The number of fused-ring (bicyclic) bond motifs is 2. The molecular weight excluding hydrogens is 537 g/mol. The van der Waals surface area contributed by atoms with E-state index in [4.69, 9.17) is 11.6 Å². The fourth-order valence-corrected chi connectivity index (χ4v) is 8.77. The highest BCUT2D eigenvalue weighted by atomic mass is 35.5. The fourth-order valence-electron chi connectivity index (χ4n) is 7.01. The van der Waals surface area contributed by atoms with E-state index in [-0.39, 0.29) is 33.9 Å². The summed E-state index contributed by atoms with van der Waals surface area (Å²) < 4.78 is 45.7. The van der Waals surface area contributed by atoms with Crippen LogP contribution in [0.1, 0.15) is 17.5 Å². The second kappa shape index (κ2) is 8.61. The van der Waals surface area contributed by atoms with Crippen LogP contribution in [0.4, 0.5) is 4.39 Å². The molecule has 39 heavy (non-hydrogen) atoms. The van der Waals surface area contributed by atoms with Gasteiger partial charge >= 0.3 is 0 Å². The molecule has 7 nitrogen and oxygen atoms in total. The van der Waals surface area contributed by atoms with Crippen molar-refractivity contribution in [2.24, 2.45) is 24.8 Å². The lowest BCUT2D eigenvalue weighted by atomic mass is 9.83. The molecule has 2 aromatic heterocycles. The first-order chi connectivity index (χ1) is 18.7. The standard InChI is InChI=1S/C29H27ClFN5O2S/c1-18-10-27-20(13-33-36(27)23-8-6-22(31)7-9-23)12-25(18)29-17-35(39(37,38)24-14-32-34(2)15-24)16-26(29)28(29)19-4-3-5-21(30)11-19/h3-10,12-15,19,26,28H,11,16-17H2,1-2H3/t19?,26-,28+,29+/m1/s1. The fraction of sp³-hybridized carbons (Fsp3) is 0.310. The summed E-state index contributed by atoms with van der Waals surface area (Å²) in [6, 6.07) is 10.6. The maximum absolute atomic E-state index is 13.6. The zero-order valence-corrected chi connectivity index (χ0v) is 23.1. The van der Waals surface area contributed by atoms with Crippen molar-refractivity contribution in [3.05, 3.63) is 95.2 Å². The van der Waals surface area contributed by atoms with Crippen molar-refractivity contribution in [3.8, 4) is 5.69 Å². The van der Waals surface area contributed by atoms with E-state index in [1.165, 1.54) is 23.0 Å². The van der Waals surface area contributed by atoms with Gasteiger partial charge in [-0.25, -0.2) is 17.5 Å². The average Bonchev–Trinajstić information content (AvgIpc) is 3.33. The van der Waals surface area contributed by atoms with Gasteiger partial charge in [-0.2, -0.15) is 14.5 Å². The Labute approximate surface area is 231 Å². The highest BCUT2D eigenvalue weighted by Crippen LogP contribution is 2.69. The van der Waals surface area contributed by atoms with Gasteiger partial charge in [0.1, 0.15) is 10.7 Å². The summed E-state index contributed by atoms with van der Waals surface area (Å²) in [6.07, 6.45) is 11.7. The molecule has 2 fully saturated rings. The highest BCUT2D eigenvalue weighted by molar-refractivity contribution is 7.89. The predicted octanol–water partition coefficient (Wildman–Crippen LogP) is 5.09. The van der Waals surface area contributed by atoms with Gasteiger partial charge in [-0.05, 0) is 84.7 Å². The van der Waals surface area contributed by atoms with Crippen molar-refractivity contribution < 1.29 is 12.8 Å². The summed E-state index contributed by atoms with van der Waals surface area (Å²) in [4.78, 5) is 0.217. The van der Waals surface area contributed by atoms with Crippen molar-refractivity contribution in [1.29, 1.82) is 0 Å². The van der Waals surface area contributed by atoms with Gasteiger partial charge < -0.3 is 0 Å². The monoisotopic (exact) mass is 563 g/mol. The van der Waals surface area contributed by atoms with Crippen LogP contribution >= 0.6 is 11.6 Å². The third-order valence-electron chi connectivity index (χ3n) is 8.75. The lowest BCUT2D eigenvalue weighted by Gasteiger charge is -2.28. The molecule has 1 aliphatic heterocycles. The summed E-state index contributed by atoms with van der Waals surface area (Å²) in [5.74, 6) is 0.398. The molecule has 2 aliphatic carbocycles. The van der Waals surface area contributed by atoms with Gasteiger partial charge in [0.2, 0.25) is 10.0 Å². The van der Waals surface area contributed by atoms with E-state index in [0.717, 1.165) is 39.2 Å². The largest absolute Gasteiger partial charge is 0.274 e. The molecule has 0 spiro atoms. The molecule has 7 rings (SSSR count). The van der Waals surface area contributed by atoms with E-state index in [9.17, 15) is 12.8 Å². The molecule has 1 saturated heterocycles. The van der Waals surface area contributed by atoms with Crippen molar-refractivity contribution in [2.45, 2.75) is 23.7 Å². The summed E-state index contributed by atoms with van der Waals surface area (Å²) in [6.45, 7) is 2.95. The first-order valence-corrected chi connectivity index (χ1v) is 14.8. The summed E-state index contributed by atoms with van der Waals surface area (Å²) in [5, 5.41) is 10.5. The number of rotatable bonds is 5. The molecule has 0 radical (unpaired) electrons. The number of aryl methyl sites for hydroxylation is 2. The minimum Gasteiger partial charge on any atom is -0.274 e. The number of piperidine rings is 1. The van der Waals surface area contributed by atoms with Gasteiger partial charge in [-0.15, -0.1) is 0 Å². The number of halogens is 2. The van der Waals surface area contributed by atoms with Gasteiger partial charge in [0.05, 0.1) is 23.6 Å². The molecule has 3 heterocycles. The Hall–Kier alpha value is -3.27. The number of benzene rings is 2. The van der Waals surface area contributed by atoms with Gasteiger partial charge in [-0.1, -0.05) is 23.8 Å². The first-order valence-electron chi connectivity index (χ1n) is 12.9. The van der Waals surface area contributed by atoms with Crippen LogP contribution in [-0.4, -0.2) is 45.4 Å². The third kappa shape index (κ3) is 3.74. The number of aromatic nitrogens is 4. The molecule has 4 aromatic rings. The van der Waals surface area contributed by atoms with E-state index in [0.29, 0.717) is 13.1 Å². The minimum absolute atomic E-state index is 0.171.